The highest BCUT2D eigenvalue weighted by molar-refractivity contribution is 5.76. The summed E-state index contributed by atoms with van der Waals surface area (Å²) in [4.78, 5) is 24.7. The van der Waals surface area contributed by atoms with E-state index in [1.54, 1.807) is 48.2 Å². The van der Waals surface area contributed by atoms with Crippen molar-refractivity contribution in [3.05, 3.63) is 52.8 Å². The molecular formula is C19H23N5O3. The van der Waals surface area contributed by atoms with Gasteiger partial charge in [-0.3, -0.25) is 18.6 Å². The smallest absolute Gasteiger partial charge is 0.300 e. The summed E-state index contributed by atoms with van der Waals surface area (Å²) in [5, 5.41) is 11.0. The maximum atomic E-state index is 12.7. The molecule has 0 radical (unpaired) electrons. The Hall–Kier alpha value is -3.16. The highest BCUT2D eigenvalue weighted by atomic mass is 16.5. The highest BCUT2D eigenvalue weighted by Gasteiger charge is 2.13. The number of methoxy groups -OCH3 is 1. The molecule has 0 saturated heterocycles. The van der Waals surface area contributed by atoms with E-state index in [0.717, 1.165) is 6.42 Å². The molecule has 0 spiro atoms. The summed E-state index contributed by atoms with van der Waals surface area (Å²) < 4.78 is 8.28. The standard InChI is InChI=1S/C19H23N5O3/c1-4-13(2)20-17(25)10-9-16-21-22-18-19(26)23(11-12-24(16)18)14-5-7-15(27-3)8-6-14/h5-8,11-13H,4,9-10H2,1-3H3,(H,20,25)/t13-/m1/s1. The zero-order chi connectivity index (χ0) is 19.4. The molecule has 1 amide bonds. The van der Waals surface area contributed by atoms with Crippen LogP contribution < -0.4 is 15.6 Å². The SMILES string of the molecule is CC[C@@H](C)NC(=O)CCc1nnc2c(=O)n(-c3ccc(OC)cc3)ccn12. The minimum absolute atomic E-state index is 0.0346. The first kappa shape index (κ1) is 18.6. The van der Waals surface area contributed by atoms with Gasteiger partial charge >= 0.3 is 5.56 Å². The number of carbonyl (C=O) groups excluding carboxylic acids is 1. The van der Waals surface area contributed by atoms with Gasteiger partial charge in [-0.25, -0.2) is 0 Å². The van der Waals surface area contributed by atoms with Crippen LogP contribution in [0.25, 0.3) is 11.3 Å². The zero-order valence-electron chi connectivity index (χ0n) is 15.7. The maximum Gasteiger partial charge on any atom is 0.300 e. The number of aromatic nitrogens is 4. The normalized spacial score (nSPS) is 12.1. The number of hydrogen-bond acceptors (Lipinski definition) is 5. The molecule has 0 aliphatic carbocycles. The number of benzene rings is 1. The van der Waals surface area contributed by atoms with Crippen LogP contribution in [0.4, 0.5) is 0 Å². The number of nitrogens with zero attached hydrogens (tertiary/aromatic N) is 4. The van der Waals surface area contributed by atoms with Gasteiger partial charge in [-0.2, -0.15) is 0 Å². The average molecular weight is 369 g/mol. The van der Waals surface area contributed by atoms with E-state index in [2.05, 4.69) is 15.5 Å². The van der Waals surface area contributed by atoms with Crippen LogP contribution in [0.2, 0.25) is 0 Å². The molecule has 2 heterocycles. The van der Waals surface area contributed by atoms with Crippen LogP contribution in [0, 0.1) is 0 Å². The summed E-state index contributed by atoms with van der Waals surface area (Å²) >= 11 is 0. The van der Waals surface area contributed by atoms with Gasteiger partial charge in [0.15, 0.2) is 0 Å². The first-order valence-corrected chi connectivity index (χ1v) is 8.92. The summed E-state index contributed by atoms with van der Waals surface area (Å²) in [6.07, 6.45) is 5.00. The Balaban J connectivity index is 1.82. The van der Waals surface area contributed by atoms with Crippen molar-refractivity contribution in [3.63, 3.8) is 0 Å². The molecule has 0 bridgehead atoms. The molecule has 142 valence electrons. The van der Waals surface area contributed by atoms with E-state index in [0.29, 0.717) is 30.1 Å². The molecule has 0 aliphatic heterocycles. The van der Waals surface area contributed by atoms with Crippen molar-refractivity contribution >= 4 is 11.6 Å². The lowest BCUT2D eigenvalue weighted by molar-refractivity contribution is -0.121. The molecule has 3 rings (SSSR count). The molecule has 27 heavy (non-hydrogen) atoms. The molecule has 2 aromatic heterocycles. The molecular weight excluding hydrogens is 346 g/mol. The lowest BCUT2D eigenvalue weighted by Gasteiger charge is -2.10. The third-order valence-electron chi connectivity index (χ3n) is 4.49. The number of aryl methyl sites for hydroxylation is 1. The number of hydrogen-bond donors (Lipinski definition) is 1. The second-order valence-corrected chi connectivity index (χ2v) is 6.36. The minimum atomic E-state index is -0.273. The van der Waals surface area contributed by atoms with E-state index < -0.39 is 0 Å². The molecule has 0 fully saturated rings. The lowest BCUT2D eigenvalue weighted by Crippen LogP contribution is -2.32. The fraction of sp³-hybridized carbons (Fsp3) is 0.368. The van der Waals surface area contributed by atoms with Crippen molar-refractivity contribution in [2.24, 2.45) is 0 Å². The van der Waals surface area contributed by atoms with Crippen LogP contribution in [0.1, 0.15) is 32.5 Å². The average Bonchev–Trinajstić information content (AvgIpc) is 3.10. The number of amides is 1. The number of carbonyl (C=O) groups is 1. The van der Waals surface area contributed by atoms with E-state index >= 15 is 0 Å². The van der Waals surface area contributed by atoms with Gasteiger partial charge in [0.25, 0.3) is 0 Å². The predicted molar refractivity (Wildman–Crippen MR) is 101 cm³/mol. The van der Waals surface area contributed by atoms with Crippen molar-refractivity contribution in [3.8, 4) is 11.4 Å². The fourth-order valence-corrected chi connectivity index (χ4v) is 2.73. The summed E-state index contributed by atoms with van der Waals surface area (Å²) in [5.74, 6) is 1.27. The van der Waals surface area contributed by atoms with Crippen LogP contribution >= 0.6 is 0 Å². The van der Waals surface area contributed by atoms with E-state index in [4.69, 9.17) is 4.74 Å². The molecule has 3 aromatic rings. The van der Waals surface area contributed by atoms with Crippen LogP contribution in [-0.2, 0) is 11.2 Å². The molecule has 1 aromatic carbocycles. The lowest BCUT2D eigenvalue weighted by atomic mass is 10.2. The Kier molecular flexibility index (Phi) is 5.54. The van der Waals surface area contributed by atoms with E-state index in [9.17, 15) is 9.59 Å². The van der Waals surface area contributed by atoms with Gasteiger partial charge in [0.2, 0.25) is 11.6 Å². The van der Waals surface area contributed by atoms with Gasteiger partial charge in [-0.15, -0.1) is 10.2 Å². The van der Waals surface area contributed by atoms with Gasteiger partial charge in [0, 0.05) is 37.0 Å². The summed E-state index contributed by atoms with van der Waals surface area (Å²) in [5.41, 5.74) is 0.664. The van der Waals surface area contributed by atoms with E-state index in [-0.39, 0.29) is 23.2 Å². The van der Waals surface area contributed by atoms with Gasteiger partial charge < -0.3 is 10.1 Å². The Bertz CT molecular complexity index is 991. The second-order valence-electron chi connectivity index (χ2n) is 6.36. The summed E-state index contributed by atoms with van der Waals surface area (Å²) in [7, 11) is 1.59. The molecule has 1 atom stereocenters. The van der Waals surface area contributed by atoms with Crippen LogP contribution in [0.5, 0.6) is 5.75 Å². The summed E-state index contributed by atoms with van der Waals surface area (Å²) in [6.45, 7) is 3.98. The Morgan fingerprint density at radius 1 is 1.22 bits per heavy atom. The number of fused-ring (bicyclic) bond motifs is 1. The predicted octanol–water partition coefficient (Wildman–Crippen LogP) is 1.74. The topological polar surface area (TPSA) is 90.5 Å². The van der Waals surface area contributed by atoms with Crippen LogP contribution in [0.3, 0.4) is 0 Å². The van der Waals surface area contributed by atoms with Crippen molar-refractivity contribution in [2.45, 2.75) is 39.2 Å². The third-order valence-corrected chi connectivity index (χ3v) is 4.49. The molecule has 0 aliphatic rings. The van der Waals surface area contributed by atoms with Crippen molar-refractivity contribution in [2.75, 3.05) is 7.11 Å². The largest absolute Gasteiger partial charge is 0.497 e. The van der Waals surface area contributed by atoms with Crippen LogP contribution in [0.15, 0.2) is 41.5 Å². The summed E-state index contributed by atoms with van der Waals surface area (Å²) in [6, 6.07) is 7.32. The Morgan fingerprint density at radius 2 is 1.96 bits per heavy atom. The third kappa shape index (κ3) is 3.99. The van der Waals surface area contributed by atoms with Crippen LogP contribution in [-0.4, -0.2) is 38.2 Å². The van der Waals surface area contributed by atoms with Crippen molar-refractivity contribution < 1.29 is 9.53 Å². The first-order valence-electron chi connectivity index (χ1n) is 8.92. The molecule has 0 saturated carbocycles. The Morgan fingerprint density at radius 3 is 2.63 bits per heavy atom. The minimum Gasteiger partial charge on any atom is -0.497 e. The number of ether oxygens (including phenoxy) is 1. The van der Waals surface area contributed by atoms with Crippen molar-refractivity contribution in [1.29, 1.82) is 0 Å². The van der Waals surface area contributed by atoms with E-state index in [1.165, 1.54) is 4.57 Å². The van der Waals surface area contributed by atoms with Gasteiger partial charge in [0.1, 0.15) is 11.6 Å². The van der Waals surface area contributed by atoms with Gasteiger partial charge in [0.05, 0.1) is 7.11 Å². The fourth-order valence-electron chi connectivity index (χ4n) is 2.73. The molecule has 8 nitrogen and oxygen atoms in total. The van der Waals surface area contributed by atoms with Crippen molar-refractivity contribution in [1.82, 2.24) is 24.5 Å². The maximum absolute atomic E-state index is 12.7. The zero-order valence-corrected chi connectivity index (χ0v) is 15.7. The Labute approximate surface area is 156 Å². The highest BCUT2D eigenvalue weighted by Crippen LogP contribution is 2.14. The number of rotatable bonds is 7. The molecule has 1 N–H and O–H groups in total. The number of nitrogens with one attached hydrogen (secondary N) is 1. The quantitative estimate of drug-likeness (QED) is 0.685. The monoisotopic (exact) mass is 369 g/mol. The molecule has 0 unspecified atom stereocenters. The van der Waals surface area contributed by atoms with Gasteiger partial charge in [-0.1, -0.05) is 6.92 Å². The van der Waals surface area contributed by atoms with Gasteiger partial charge in [-0.05, 0) is 37.6 Å². The van der Waals surface area contributed by atoms with E-state index in [1.807, 2.05) is 13.8 Å². The second kappa shape index (κ2) is 8.03. The molecule has 8 heteroatoms. The first-order chi connectivity index (χ1) is 13.0.